The summed E-state index contributed by atoms with van der Waals surface area (Å²) in [6, 6.07) is 0. The molecule has 0 aliphatic carbocycles. The average Bonchev–Trinajstić information content (AvgIpc) is 2.65. The Balaban J connectivity index is 1.94. The smallest absolute Gasteiger partial charge is 0.410 e. The van der Waals surface area contributed by atoms with Gasteiger partial charge in [0.15, 0.2) is 5.78 Å². The molecule has 2 aliphatic heterocycles. The lowest BCUT2D eigenvalue weighted by molar-refractivity contribution is -0.120. The Morgan fingerprint density at radius 3 is 2.69 bits per heavy atom. The van der Waals surface area contributed by atoms with Gasteiger partial charge in [-0.2, -0.15) is 0 Å². The van der Waals surface area contributed by atoms with E-state index in [0.29, 0.717) is 13.1 Å². The molecule has 16 heavy (non-hydrogen) atoms. The standard InChI is InChI=1S/C11H17NO4/c1-11(2,3)16-10(14)12-4-7-8(13)6-15-9(7)5-12/h7,9H,4-6H2,1-3H3/t7?,9-/m1/s1. The molecule has 0 spiro atoms. The van der Waals surface area contributed by atoms with Crippen LogP contribution in [-0.4, -0.2) is 48.2 Å². The fraction of sp³-hybridized carbons (Fsp3) is 0.818. The zero-order valence-electron chi connectivity index (χ0n) is 9.86. The van der Waals surface area contributed by atoms with E-state index in [1.54, 1.807) is 4.90 Å². The van der Waals surface area contributed by atoms with Crippen molar-refractivity contribution in [2.45, 2.75) is 32.5 Å². The summed E-state index contributed by atoms with van der Waals surface area (Å²) in [4.78, 5) is 24.7. The zero-order chi connectivity index (χ0) is 11.9. The Morgan fingerprint density at radius 1 is 1.44 bits per heavy atom. The third-order valence-electron chi connectivity index (χ3n) is 2.77. The van der Waals surface area contributed by atoms with E-state index in [4.69, 9.17) is 9.47 Å². The van der Waals surface area contributed by atoms with E-state index in [9.17, 15) is 9.59 Å². The van der Waals surface area contributed by atoms with Gasteiger partial charge in [0.2, 0.25) is 0 Å². The predicted molar refractivity (Wildman–Crippen MR) is 56.0 cm³/mol. The first-order valence-electron chi connectivity index (χ1n) is 5.49. The average molecular weight is 227 g/mol. The first-order chi connectivity index (χ1) is 7.37. The molecular weight excluding hydrogens is 210 g/mol. The molecule has 0 saturated carbocycles. The molecule has 0 aromatic heterocycles. The van der Waals surface area contributed by atoms with E-state index >= 15 is 0 Å². The van der Waals surface area contributed by atoms with Crippen LogP contribution in [0.1, 0.15) is 20.8 Å². The van der Waals surface area contributed by atoms with Crippen LogP contribution in [0.5, 0.6) is 0 Å². The summed E-state index contributed by atoms with van der Waals surface area (Å²) in [5.74, 6) is -0.0522. The van der Waals surface area contributed by atoms with Gasteiger partial charge in [-0.1, -0.05) is 0 Å². The highest BCUT2D eigenvalue weighted by Crippen LogP contribution is 2.27. The molecule has 2 saturated heterocycles. The van der Waals surface area contributed by atoms with Crippen molar-refractivity contribution in [1.29, 1.82) is 0 Å². The monoisotopic (exact) mass is 227 g/mol. The molecule has 1 unspecified atom stereocenters. The molecule has 2 rings (SSSR count). The molecule has 1 amide bonds. The maximum absolute atomic E-state index is 11.7. The maximum atomic E-state index is 11.7. The van der Waals surface area contributed by atoms with Crippen LogP contribution in [0.25, 0.3) is 0 Å². The van der Waals surface area contributed by atoms with Crippen molar-refractivity contribution < 1.29 is 19.1 Å². The van der Waals surface area contributed by atoms with Gasteiger partial charge in [-0.25, -0.2) is 4.79 Å². The topological polar surface area (TPSA) is 55.8 Å². The summed E-state index contributed by atoms with van der Waals surface area (Å²) < 4.78 is 10.5. The number of ether oxygens (including phenoxy) is 2. The molecule has 5 nitrogen and oxygen atoms in total. The molecule has 2 fully saturated rings. The van der Waals surface area contributed by atoms with Gasteiger partial charge in [-0.05, 0) is 20.8 Å². The van der Waals surface area contributed by atoms with Gasteiger partial charge in [0, 0.05) is 6.54 Å². The van der Waals surface area contributed by atoms with E-state index in [2.05, 4.69) is 0 Å². The van der Waals surface area contributed by atoms with Crippen LogP contribution in [0, 0.1) is 5.92 Å². The maximum Gasteiger partial charge on any atom is 0.410 e. The van der Waals surface area contributed by atoms with Crippen LogP contribution in [0.4, 0.5) is 4.79 Å². The third-order valence-corrected chi connectivity index (χ3v) is 2.77. The van der Waals surface area contributed by atoms with Gasteiger partial charge in [-0.3, -0.25) is 4.79 Å². The molecule has 0 bridgehead atoms. The van der Waals surface area contributed by atoms with E-state index in [1.807, 2.05) is 20.8 Å². The molecule has 2 heterocycles. The number of fused-ring (bicyclic) bond motifs is 1. The molecule has 0 aromatic carbocycles. The minimum absolute atomic E-state index is 0.0936. The van der Waals surface area contributed by atoms with Crippen LogP contribution in [0.3, 0.4) is 0 Å². The van der Waals surface area contributed by atoms with Gasteiger partial charge in [0.1, 0.15) is 12.2 Å². The summed E-state index contributed by atoms with van der Waals surface area (Å²) >= 11 is 0. The van der Waals surface area contributed by atoms with Crippen LogP contribution in [0.2, 0.25) is 0 Å². The lowest BCUT2D eigenvalue weighted by Crippen LogP contribution is -2.36. The second-order valence-electron chi connectivity index (χ2n) is 5.31. The largest absolute Gasteiger partial charge is 0.444 e. The predicted octanol–water partition coefficient (Wildman–Crippen LogP) is 0.821. The quantitative estimate of drug-likeness (QED) is 0.615. The van der Waals surface area contributed by atoms with Crippen LogP contribution in [0.15, 0.2) is 0 Å². The van der Waals surface area contributed by atoms with Crippen molar-refractivity contribution in [1.82, 2.24) is 4.90 Å². The van der Waals surface area contributed by atoms with Gasteiger partial charge in [-0.15, -0.1) is 0 Å². The number of likely N-dealkylation sites (tertiary alicyclic amines) is 1. The van der Waals surface area contributed by atoms with E-state index < -0.39 is 5.60 Å². The Hall–Kier alpha value is -1.10. The van der Waals surface area contributed by atoms with Crippen molar-refractivity contribution in [2.24, 2.45) is 5.92 Å². The van der Waals surface area contributed by atoms with Gasteiger partial charge in [0.05, 0.1) is 18.6 Å². The number of amides is 1. The molecule has 90 valence electrons. The van der Waals surface area contributed by atoms with Gasteiger partial charge < -0.3 is 14.4 Å². The molecular formula is C11H17NO4. The molecule has 0 aromatic rings. The highest BCUT2D eigenvalue weighted by Gasteiger charge is 2.45. The number of rotatable bonds is 0. The third kappa shape index (κ3) is 2.19. The van der Waals surface area contributed by atoms with Crippen molar-refractivity contribution in [3.63, 3.8) is 0 Å². The van der Waals surface area contributed by atoms with Crippen molar-refractivity contribution in [3.05, 3.63) is 0 Å². The fourth-order valence-corrected chi connectivity index (χ4v) is 2.02. The lowest BCUT2D eigenvalue weighted by Gasteiger charge is -2.24. The highest BCUT2D eigenvalue weighted by molar-refractivity contribution is 5.86. The first-order valence-corrected chi connectivity index (χ1v) is 5.49. The van der Waals surface area contributed by atoms with Crippen molar-refractivity contribution in [3.8, 4) is 0 Å². The summed E-state index contributed by atoms with van der Waals surface area (Å²) in [6.45, 7) is 6.55. The minimum Gasteiger partial charge on any atom is -0.444 e. The van der Waals surface area contributed by atoms with Crippen LogP contribution in [-0.2, 0) is 14.3 Å². The number of hydrogen-bond acceptors (Lipinski definition) is 4. The zero-order valence-corrected chi connectivity index (χ0v) is 9.86. The molecule has 0 radical (unpaired) electrons. The van der Waals surface area contributed by atoms with E-state index in [1.165, 1.54) is 0 Å². The number of carbonyl (C=O) groups excluding carboxylic acids is 2. The van der Waals surface area contributed by atoms with Crippen molar-refractivity contribution >= 4 is 11.9 Å². The Labute approximate surface area is 94.7 Å². The molecule has 2 atom stereocenters. The van der Waals surface area contributed by atoms with Crippen LogP contribution >= 0.6 is 0 Å². The second kappa shape index (κ2) is 3.73. The summed E-state index contributed by atoms with van der Waals surface area (Å²) in [7, 11) is 0. The van der Waals surface area contributed by atoms with E-state index in [0.717, 1.165) is 0 Å². The summed E-state index contributed by atoms with van der Waals surface area (Å²) in [5.41, 5.74) is -0.500. The number of ketones is 1. The minimum atomic E-state index is -0.500. The SMILES string of the molecule is CC(C)(C)OC(=O)N1CC2C(=O)CO[C@@H]2C1. The number of nitrogens with zero attached hydrogens (tertiary/aromatic N) is 1. The first kappa shape index (κ1) is 11.4. The van der Waals surface area contributed by atoms with Crippen LogP contribution < -0.4 is 0 Å². The number of carbonyl (C=O) groups is 2. The van der Waals surface area contributed by atoms with Gasteiger partial charge >= 0.3 is 6.09 Å². The Kier molecular flexibility index (Phi) is 2.66. The molecule has 5 heteroatoms. The molecule has 2 aliphatic rings. The fourth-order valence-electron chi connectivity index (χ4n) is 2.02. The number of hydrogen-bond donors (Lipinski definition) is 0. The molecule has 0 N–H and O–H groups in total. The Morgan fingerprint density at radius 2 is 2.12 bits per heavy atom. The highest BCUT2D eigenvalue weighted by atomic mass is 16.6. The van der Waals surface area contributed by atoms with Gasteiger partial charge in [0.25, 0.3) is 0 Å². The van der Waals surface area contributed by atoms with Crippen molar-refractivity contribution in [2.75, 3.05) is 19.7 Å². The number of Topliss-reactive ketones (excluding diaryl/α,β-unsaturated/α-hetero) is 1. The Bertz CT molecular complexity index is 320. The summed E-state index contributed by atoms with van der Waals surface area (Å²) in [5, 5.41) is 0. The lowest BCUT2D eigenvalue weighted by atomic mass is 10.1. The second-order valence-corrected chi connectivity index (χ2v) is 5.31. The normalized spacial score (nSPS) is 29.4. The summed E-state index contributed by atoms with van der Waals surface area (Å²) in [6.07, 6.45) is -0.488. The van der Waals surface area contributed by atoms with E-state index in [-0.39, 0.29) is 30.5 Å².